The van der Waals surface area contributed by atoms with Crippen LogP contribution in [0, 0.1) is 13.8 Å². The molecule has 0 radical (unpaired) electrons. The highest BCUT2D eigenvalue weighted by molar-refractivity contribution is 5.53. The predicted molar refractivity (Wildman–Crippen MR) is 76.4 cm³/mol. The molecule has 3 heteroatoms. The van der Waals surface area contributed by atoms with Crippen molar-refractivity contribution in [3.05, 3.63) is 23.0 Å². The number of hydrogen-bond acceptors (Lipinski definition) is 3. The second-order valence-corrected chi connectivity index (χ2v) is 5.73. The molecule has 1 aliphatic rings. The molecule has 0 aliphatic carbocycles. The third-order valence-corrected chi connectivity index (χ3v) is 4.38. The number of hydrogen-bond donors (Lipinski definition) is 1. The normalized spacial score (nSPS) is 25.3. The number of nitrogens with zero attached hydrogens (tertiary/aromatic N) is 2. The Labute approximate surface area is 110 Å². The molecule has 3 nitrogen and oxygen atoms in total. The SMILES string of the molecule is Cc1cnc(CN2[C@H](C)CCC[C@@H]2C)c(C)c1N. The number of rotatable bonds is 2. The highest BCUT2D eigenvalue weighted by Crippen LogP contribution is 2.26. The molecule has 2 rings (SSSR count). The fourth-order valence-electron chi connectivity index (χ4n) is 2.91. The molecule has 1 fully saturated rings. The van der Waals surface area contributed by atoms with E-state index in [4.69, 9.17) is 5.73 Å². The van der Waals surface area contributed by atoms with Crippen molar-refractivity contribution in [1.82, 2.24) is 9.88 Å². The molecule has 2 heterocycles. The van der Waals surface area contributed by atoms with Crippen molar-refractivity contribution in [2.75, 3.05) is 5.73 Å². The van der Waals surface area contributed by atoms with Gasteiger partial charge in [-0.2, -0.15) is 0 Å². The van der Waals surface area contributed by atoms with Crippen molar-refractivity contribution < 1.29 is 0 Å². The fraction of sp³-hybridized carbons (Fsp3) is 0.667. The number of aryl methyl sites for hydroxylation is 1. The van der Waals surface area contributed by atoms with E-state index in [0.717, 1.165) is 29.1 Å². The summed E-state index contributed by atoms with van der Waals surface area (Å²) < 4.78 is 0. The van der Waals surface area contributed by atoms with Gasteiger partial charge in [0.25, 0.3) is 0 Å². The number of anilines is 1. The average molecular weight is 247 g/mol. The Balaban J connectivity index is 2.20. The predicted octanol–water partition coefficient (Wildman–Crippen LogP) is 3.04. The van der Waals surface area contributed by atoms with Crippen molar-refractivity contribution in [2.24, 2.45) is 0 Å². The van der Waals surface area contributed by atoms with Crippen LogP contribution in [0.15, 0.2) is 6.20 Å². The third kappa shape index (κ3) is 2.51. The Kier molecular flexibility index (Phi) is 3.91. The zero-order valence-electron chi connectivity index (χ0n) is 12.0. The van der Waals surface area contributed by atoms with Crippen molar-refractivity contribution >= 4 is 5.69 Å². The van der Waals surface area contributed by atoms with E-state index < -0.39 is 0 Å². The van der Waals surface area contributed by atoms with Crippen LogP contribution in [0.3, 0.4) is 0 Å². The molecule has 0 saturated carbocycles. The Morgan fingerprint density at radius 3 is 2.50 bits per heavy atom. The van der Waals surface area contributed by atoms with Gasteiger partial charge in [0.2, 0.25) is 0 Å². The van der Waals surface area contributed by atoms with Crippen LogP contribution in [-0.4, -0.2) is 22.0 Å². The molecule has 1 saturated heterocycles. The number of nitrogens with two attached hydrogens (primary N) is 1. The molecule has 1 aromatic rings. The molecule has 1 aliphatic heterocycles. The fourth-order valence-corrected chi connectivity index (χ4v) is 2.91. The van der Waals surface area contributed by atoms with Crippen LogP contribution in [0.1, 0.15) is 49.9 Å². The minimum Gasteiger partial charge on any atom is -0.398 e. The Morgan fingerprint density at radius 2 is 1.89 bits per heavy atom. The van der Waals surface area contributed by atoms with E-state index in [1.807, 2.05) is 13.1 Å². The lowest BCUT2D eigenvalue weighted by Gasteiger charge is -2.39. The van der Waals surface area contributed by atoms with E-state index in [2.05, 4.69) is 30.7 Å². The lowest BCUT2D eigenvalue weighted by Crippen LogP contribution is -2.43. The summed E-state index contributed by atoms with van der Waals surface area (Å²) in [5.41, 5.74) is 10.4. The minimum atomic E-state index is 0.650. The summed E-state index contributed by atoms with van der Waals surface area (Å²) in [6.45, 7) is 9.68. The third-order valence-electron chi connectivity index (χ3n) is 4.38. The van der Waals surface area contributed by atoms with Crippen LogP contribution in [-0.2, 0) is 6.54 Å². The van der Waals surface area contributed by atoms with Gasteiger partial charge in [0.05, 0.1) is 5.69 Å². The van der Waals surface area contributed by atoms with Crippen LogP contribution in [0.4, 0.5) is 5.69 Å². The van der Waals surface area contributed by atoms with Crippen molar-refractivity contribution in [1.29, 1.82) is 0 Å². The summed E-state index contributed by atoms with van der Waals surface area (Å²) in [7, 11) is 0. The quantitative estimate of drug-likeness (QED) is 0.873. The molecule has 2 atom stereocenters. The summed E-state index contributed by atoms with van der Waals surface area (Å²) in [4.78, 5) is 7.14. The first kappa shape index (κ1) is 13.3. The van der Waals surface area contributed by atoms with Crippen molar-refractivity contribution in [2.45, 2.75) is 65.6 Å². The van der Waals surface area contributed by atoms with Gasteiger partial charge in [-0.05, 0) is 51.7 Å². The van der Waals surface area contributed by atoms with Gasteiger partial charge in [-0.3, -0.25) is 9.88 Å². The first-order valence-corrected chi connectivity index (χ1v) is 6.97. The van der Waals surface area contributed by atoms with Gasteiger partial charge in [0.1, 0.15) is 0 Å². The number of nitrogen functional groups attached to an aromatic ring is 1. The molecule has 0 spiro atoms. The van der Waals surface area contributed by atoms with Crippen molar-refractivity contribution in [3.63, 3.8) is 0 Å². The zero-order valence-corrected chi connectivity index (χ0v) is 12.0. The number of pyridine rings is 1. The summed E-state index contributed by atoms with van der Waals surface area (Å²) in [5, 5.41) is 0. The second-order valence-electron chi connectivity index (χ2n) is 5.73. The highest BCUT2D eigenvalue weighted by Gasteiger charge is 2.25. The highest BCUT2D eigenvalue weighted by atomic mass is 15.2. The molecule has 0 bridgehead atoms. The van der Waals surface area contributed by atoms with Gasteiger partial charge in [-0.25, -0.2) is 0 Å². The van der Waals surface area contributed by atoms with Crippen LogP contribution in [0.2, 0.25) is 0 Å². The van der Waals surface area contributed by atoms with Gasteiger partial charge in [-0.1, -0.05) is 6.42 Å². The molecular formula is C15H25N3. The maximum absolute atomic E-state index is 6.10. The number of piperidine rings is 1. The van der Waals surface area contributed by atoms with E-state index in [1.165, 1.54) is 19.3 Å². The summed E-state index contributed by atoms with van der Waals surface area (Å²) in [6.07, 6.45) is 5.84. The lowest BCUT2D eigenvalue weighted by atomic mass is 9.96. The average Bonchev–Trinajstić information content (AvgIpc) is 2.34. The standard InChI is InChI=1S/C15H25N3/c1-10-8-17-14(13(4)15(10)16)9-18-11(2)6-5-7-12(18)3/h8,11-12H,5-7,9H2,1-4H3,(H2,16,17)/t11-,12+. The molecule has 0 amide bonds. The summed E-state index contributed by atoms with van der Waals surface area (Å²) in [5.74, 6) is 0. The van der Waals surface area contributed by atoms with E-state index in [0.29, 0.717) is 12.1 Å². The smallest absolute Gasteiger partial charge is 0.0593 e. The number of aromatic nitrogens is 1. The van der Waals surface area contributed by atoms with E-state index >= 15 is 0 Å². The van der Waals surface area contributed by atoms with Gasteiger partial charge in [0, 0.05) is 30.5 Å². The van der Waals surface area contributed by atoms with E-state index in [-0.39, 0.29) is 0 Å². The first-order chi connectivity index (χ1) is 8.50. The van der Waals surface area contributed by atoms with E-state index in [1.54, 1.807) is 0 Å². The summed E-state index contributed by atoms with van der Waals surface area (Å²) >= 11 is 0. The molecule has 2 N–H and O–H groups in total. The van der Waals surface area contributed by atoms with Gasteiger partial charge < -0.3 is 5.73 Å². The molecule has 1 aromatic heterocycles. The topological polar surface area (TPSA) is 42.2 Å². The lowest BCUT2D eigenvalue weighted by molar-refractivity contribution is 0.0936. The van der Waals surface area contributed by atoms with Crippen molar-refractivity contribution in [3.8, 4) is 0 Å². The maximum atomic E-state index is 6.10. The van der Waals surface area contributed by atoms with Gasteiger partial charge >= 0.3 is 0 Å². The number of likely N-dealkylation sites (tertiary alicyclic amines) is 1. The van der Waals surface area contributed by atoms with E-state index in [9.17, 15) is 0 Å². The zero-order chi connectivity index (χ0) is 13.3. The monoisotopic (exact) mass is 247 g/mol. The van der Waals surface area contributed by atoms with Gasteiger partial charge in [-0.15, -0.1) is 0 Å². The van der Waals surface area contributed by atoms with Crippen LogP contribution >= 0.6 is 0 Å². The molecule has 0 unspecified atom stereocenters. The molecule has 100 valence electrons. The molecular weight excluding hydrogens is 222 g/mol. The minimum absolute atomic E-state index is 0.650. The Hall–Kier alpha value is -1.09. The van der Waals surface area contributed by atoms with Crippen LogP contribution in [0.25, 0.3) is 0 Å². The van der Waals surface area contributed by atoms with Crippen LogP contribution < -0.4 is 5.73 Å². The second kappa shape index (κ2) is 5.27. The Morgan fingerprint density at radius 1 is 1.28 bits per heavy atom. The first-order valence-electron chi connectivity index (χ1n) is 6.97. The maximum Gasteiger partial charge on any atom is 0.0593 e. The molecule has 0 aromatic carbocycles. The van der Waals surface area contributed by atoms with Crippen LogP contribution in [0.5, 0.6) is 0 Å². The largest absolute Gasteiger partial charge is 0.398 e. The van der Waals surface area contributed by atoms with Gasteiger partial charge in [0.15, 0.2) is 0 Å². The summed E-state index contributed by atoms with van der Waals surface area (Å²) in [6, 6.07) is 1.30. The molecule has 18 heavy (non-hydrogen) atoms. The Bertz CT molecular complexity index is 418.